The zero-order valence-electron chi connectivity index (χ0n) is 20.6. The third-order valence-electron chi connectivity index (χ3n) is 6.37. The summed E-state index contributed by atoms with van der Waals surface area (Å²) in [6, 6.07) is 23.4. The number of methoxy groups -OCH3 is 1. The van der Waals surface area contributed by atoms with E-state index >= 15 is 0 Å². The molecule has 3 aromatic rings. The minimum atomic E-state index is -0.181. The summed E-state index contributed by atoms with van der Waals surface area (Å²) in [6.07, 6.45) is 6.60. The van der Waals surface area contributed by atoms with Crippen molar-refractivity contribution in [2.24, 2.45) is 5.92 Å². The second-order valence-electron chi connectivity index (χ2n) is 8.78. The summed E-state index contributed by atoms with van der Waals surface area (Å²) < 4.78 is 4.10. The van der Waals surface area contributed by atoms with Crippen molar-refractivity contribution in [3.05, 3.63) is 89.5 Å². The molecule has 5 heteroatoms. The lowest BCUT2D eigenvalue weighted by atomic mass is 9.83. The van der Waals surface area contributed by atoms with Gasteiger partial charge in [0.1, 0.15) is 6.79 Å². The standard InChI is InChI=1S/C28H29NO2.C2H6O2/c1-2-20-8-10-25(11-9-20)28(31)29-26-18-16-22(17-19-26)21-12-14-24(15-13-21)27(30)23-6-4-3-5-7-23;1-4-2-3/h8-19,23H,2-7H2,1H3,(H,29,31);3H,2H2,1H3. The largest absolute Gasteiger partial charge is 0.371 e. The van der Waals surface area contributed by atoms with Gasteiger partial charge in [0, 0.05) is 29.8 Å². The molecule has 1 saturated carbocycles. The van der Waals surface area contributed by atoms with E-state index < -0.39 is 0 Å². The van der Waals surface area contributed by atoms with E-state index in [0.29, 0.717) is 5.56 Å². The number of ether oxygens (including phenoxy) is 1. The molecule has 0 unspecified atom stereocenters. The average Bonchev–Trinajstić information content (AvgIpc) is 2.94. The molecule has 0 saturated heterocycles. The molecule has 0 bridgehead atoms. The van der Waals surface area contributed by atoms with Crippen molar-refractivity contribution >= 4 is 17.4 Å². The number of aryl methyl sites for hydroxylation is 1. The number of hydrogen-bond acceptors (Lipinski definition) is 4. The van der Waals surface area contributed by atoms with Crippen LogP contribution in [0.5, 0.6) is 0 Å². The molecule has 1 aliphatic carbocycles. The number of rotatable bonds is 7. The maximum absolute atomic E-state index is 12.7. The smallest absolute Gasteiger partial charge is 0.255 e. The molecular formula is C30H35NO4. The van der Waals surface area contributed by atoms with Crippen LogP contribution in [0.4, 0.5) is 5.69 Å². The lowest BCUT2D eigenvalue weighted by molar-refractivity contribution is 0.0325. The van der Waals surface area contributed by atoms with Crippen molar-refractivity contribution in [2.75, 3.05) is 19.2 Å². The third kappa shape index (κ3) is 7.61. The predicted molar refractivity (Wildman–Crippen MR) is 141 cm³/mol. The van der Waals surface area contributed by atoms with Gasteiger partial charge in [-0.1, -0.05) is 74.7 Å². The monoisotopic (exact) mass is 473 g/mol. The van der Waals surface area contributed by atoms with Crippen LogP contribution in [0.1, 0.15) is 65.3 Å². The Hall–Kier alpha value is -3.28. The van der Waals surface area contributed by atoms with Crippen molar-refractivity contribution < 1.29 is 19.4 Å². The molecule has 2 N–H and O–H groups in total. The highest BCUT2D eigenvalue weighted by Crippen LogP contribution is 2.28. The number of hydrogen-bond donors (Lipinski definition) is 2. The highest BCUT2D eigenvalue weighted by atomic mass is 16.6. The Labute approximate surface area is 208 Å². The van der Waals surface area contributed by atoms with E-state index in [0.717, 1.165) is 41.6 Å². The van der Waals surface area contributed by atoms with E-state index in [1.54, 1.807) is 0 Å². The molecule has 0 atom stereocenters. The normalized spacial score (nSPS) is 13.5. The summed E-state index contributed by atoms with van der Waals surface area (Å²) in [4.78, 5) is 25.2. The minimum absolute atomic E-state index is 0.110. The van der Waals surface area contributed by atoms with E-state index in [1.165, 1.54) is 31.9 Å². The van der Waals surface area contributed by atoms with E-state index in [4.69, 9.17) is 5.11 Å². The summed E-state index contributed by atoms with van der Waals surface area (Å²) in [5.74, 6) is 0.373. The van der Waals surface area contributed by atoms with E-state index in [1.807, 2.05) is 72.8 Å². The van der Waals surface area contributed by atoms with Crippen LogP contribution in [0.2, 0.25) is 0 Å². The SMILES string of the molecule is CCc1ccc(C(=O)Nc2ccc(-c3ccc(C(=O)C4CCCCC4)cc3)cc2)cc1.COCO. The van der Waals surface area contributed by atoms with Crippen molar-refractivity contribution in [3.63, 3.8) is 0 Å². The van der Waals surface area contributed by atoms with E-state index in [-0.39, 0.29) is 24.4 Å². The second-order valence-corrected chi connectivity index (χ2v) is 8.78. The number of Topliss-reactive ketones (excluding diaryl/α,β-unsaturated/α-hetero) is 1. The predicted octanol–water partition coefficient (Wildman–Crippen LogP) is 6.51. The maximum Gasteiger partial charge on any atom is 0.255 e. The first-order chi connectivity index (χ1) is 17.0. The number of amides is 1. The quantitative estimate of drug-likeness (QED) is 0.303. The molecule has 1 fully saturated rings. The molecule has 0 aliphatic heterocycles. The zero-order valence-corrected chi connectivity index (χ0v) is 20.6. The number of nitrogens with one attached hydrogen (secondary N) is 1. The van der Waals surface area contributed by atoms with Crippen LogP contribution < -0.4 is 5.32 Å². The van der Waals surface area contributed by atoms with Gasteiger partial charge in [0.25, 0.3) is 5.91 Å². The van der Waals surface area contributed by atoms with Gasteiger partial charge in [-0.05, 0) is 60.2 Å². The zero-order chi connectivity index (χ0) is 25.0. The van der Waals surface area contributed by atoms with Crippen LogP contribution in [-0.2, 0) is 11.2 Å². The Morgan fingerprint density at radius 2 is 1.34 bits per heavy atom. The molecule has 1 aliphatic rings. The molecular weight excluding hydrogens is 438 g/mol. The highest BCUT2D eigenvalue weighted by Gasteiger charge is 2.22. The second kappa shape index (κ2) is 13.6. The highest BCUT2D eigenvalue weighted by molar-refractivity contribution is 6.04. The molecule has 5 nitrogen and oxygen atoms in total. The van der Waals surface area contributed by atoms with Crippen LogP contribution >= 0.6 is 0 Å². The van der Waals surface area contributed by atoms with E-state index in [9.17, 15) is 9.59 Å². The number of anilines is 1. The van der Waals surface area contributed by atoms with Gasteiger partial charge < -0.3 is 15.2 Å². The number of aliphatic hydroxyl groups is 1. The first kappa shape index (κ1) is 26.3. The van der Waals surface area contributed by atoms with Crippen LogP contribution in [0.3, 0.4) is 0 Å². The lowest BCUT2D eigenvalue weighted by Crippen LogP contribution is -2.17. The summed E-state index contributed by atoms with van der Waals surface area (Å²) in [7, 11) is 1.43. The number of benzene rings is 3. The van der Waals surface area contributed by atoms with Gasteiger partial charge in [-0.3, -0.25) is 9.59 Å². The fourth-order valence-electron chi connectivity index (χ4n) is 4.27. The molecule has 0 radical (unpaired) electrons. The molecule has 0 aromatic heterocycles. The van der Waals surface area contributed by atoms with Crippen LogP contribution in [0.15, 0.2) is 72.8 Å². The van der Waals surface area contributed by atoms with Gasteiger partial charge in [-0.25, -0.2) is 0 Å². The van der Waals surface area contributed by atoms with Gasteiger partial charge in [-0.2, -0.15) is 0 Å². The van der Waals surface area contributed by atoms with Gasteiger partial charge in [0.15, 0.2) is 5.78 Å². The van der Waals surface area contributed by atoms with Gasteiger partial charge in [-0.15, -0.1) is 0 Å². The summed E-state index contributed by atoms with van der Waals surface area (Å²) in [5, 5.41) is 10.6. The van der Waals surface area contributed by atoms with Crippen molar-refractivity contribution in [1.29, 1.82) is 0 Å². The van der Waals surface area contributed by atoms with Gasteiger partial charge >= 0.3 is 0 Å². The summed E-state index contributed by atoms with van der Waals surface area (Å²) in [5.41, 5.74) is 5.56. The van der Waals surface area contributed by atoms with Crippen molar-refractivity contribution in [2.45, 2.75) is 45.4 Å². The molecule has 1 amide bonds. The van der Waals surface area contributed by atoms with Crippen molar-refractivity contribution in [3.8, 4) is 11.1 Å². The van der Waals surface area contributed by atoms with E-state index in [2.05, 4.69) is 17.0 Å². The minimum Gasteiger partial charge on any atom is -0.371 e. The van der Waals surface area contributed by atoms with Crippen LogP contribution in [0.25, 0.3) is 11.1 Å². The Kier molecular flexibility index (Phi) is 10.2. The number of ketones is 1. The fourth-order valence-corrected chi connectivity index (χ4v) is 4.27. The molecule has 184 valence electrons. The third-order valence-corrected chi connectivity index (χ3v) is 6.37. The molecule has 0 spiro atoms. The Balaban J connectivity index is 0.000000795. The number of carbonyl (C=O) groups excluding carboxylic acids is 2. The molecule has 35 heavy (non-hydrogen) atoms. The Morgan fingerprint density at radius 3 is 1.86 bits per heavy atom. The topological polar surface area (TPSA) is 75.6 Å². The summed E-state index contributed by atoms with van der Waals surface area (Å²) >= 11 is 0. The van der Waals surface area contributed by atoms with Crippen LogP contribution in [-0.4, -0.2) is 30.7 Å². The molecule has 3 aromatic carbocycles. The number of carbonyl (C=O) groups is 2. The molecule has 0 heterocycles. The number of aliphatic hydroxyl groups excluding tert-OH is 1. The van der Waals surface area contributed by atoms with Gasteiger partial charge in [0.2, 0.25) is 0 Å². The summed E-state index contributed by atoms with van der Waals surface area (Å²) in [6.45, 7) is 1.92. The fraction of sp³-hybridized carbons (Fsp3) is 0.333. The average molecular weight is 474 g/mol. The maximum atomic E-state index is 12.7. The molecule has 4 rings (SSSR count). The Morgan fingerprint density at radius 1 is 0.829 bits per heavy atom. The first-order valence-corrected chi connectivity index (χ1v) is 12.3. The van der Waals surface area contributed by atoms with Crippen LogP contribution in [0, 0.1) is 5.92 Å². The van der Waals surface area contributed by atoms with Gasteiger partial charge in [0.05, 0.1) is 0 Å². The Bertz CT molecular complexity index is 1060. The first-order valence-electron chi connectivity index (χ1n) is 12.3. The lowest BCUT2D eigenvalue weighted by Gasteiger charge is -2.20. The van der Waals surface area contributed by atoms with Crippen molar-refractivity contribution in [1.82, 2.24) is 0 Å².